The van der Waals surface area contributed by atoms with Gasteiger partial charge in [-0.25, -0.2) is 4.39 Å². The van der Waals surface area contributed by atoms with Gasteiger partial charge in [-0.05, 0) is 53.4 Å². The fourth-order valence-corrected chi connectivity index (χ4v) is 3.57. The minimum atomic E-state index is -4.82. The summed E-state index contributed by atoms with van der Waals surface area (Å²) in [5.41, 5.74) is -0.561. The molecule has 7 heteroatoms. The SMILES string of the molecule is O=C(c1ccc(F)c(C(F)(F)F)c1)N1CCC[C@@H]1c1ccsc1. The minimum absolute atomic E-state index is 0.131. The highest BCUT2D eigenvalue weighted by Crippen LogP contribution is 2.36. The first-order valence-corrected chi connectivity index (χ1v) is 8.02. The van der Waals surface area contributed by atoms with Crippen LogP contribution in [0.25, 0.3) is 0 Å². The van der Waals surface area contributed by atoms with E-state index >= 15 is 0 Å². The van der Waals surface area contributed by atoms with Crippen LogP contribution in [0.15, 0.2) is 35.0 Å². The van der Waals surface area contributed by atoms with Crippen LogP contribution in [0.2, 0.25) is 0 Å². The predicted octanol–water partition coefficient (Wildman–Crippen LogP) is 4.88. The molecule has 0 aliphatic carbocycles. The number of rotatable bonds is 2. The number of nitrogens with zero attached hydrogens (tertiary/aromatic N) is 1. The van der Waals surface area contributed by atoms with Gasteiger partial charge in [-0.3, -0.25) is 4.79 Å². The first kappa shape index (κ1) is 16.0. The number of carbonyl (C=O) groups is 1. The molecule has 1 aromatic carbocycles. The van der Waals surface area contributed by atoms with E-state index in [1.54, 1.807) is 4.90 Å². The summed E-state index contributed by atoms with van der Waals surface area (Å²) in [6.45, 7) is 0.484. The molecule has 0 radical (unpaired) electrons. The molecule has 1 atom stereocenters. The topological polar surface area (TPSA) is 20.3 Å². The molecule has 2 nitrogen and oxygen atoms in total. The Morgan fingerprint density at radius 1 is 1.26 bits per heavy atom. The average Bonchev–Trinajstić information content (AvgIpc) is 3.16. The van der Waals surface area contributed by atoms with E-state index in [2.05, 4.69) is 0 Å². The van der Waals surface area contributed by atoms with Gasteiger partial charge in [-0.15, -0.1) is 0 Å². The lowest BCUT2D eigenvalue weighted by Gasteiger charge is -2.24. The monoisotopic (exact) mass is 343 g/mol. The zero-order chi connectivity index (χ0) is 16.6. The third-order valence-corrected chi connectivity index (χ3v) is 4.66. The Balaban J connectivity index is 1.91. The zero-order valence-electron chi connectivity index (χ0n) is 11.9. The van der Waals surface area contributed by atoms with Gasteiger partial charge in [-0.2, -0.15) is 24.5 Å². The molecule has 0 unspecified atom stereocenters. The third kappa shape index (κ3) is 3.10. The molecular weight excluding hydrogens is 330 g/mol. The highest BCUT2D eigenvalue weighted by molar-refractivity contribution is 7.07. The van der Waals surface area contributed by atoms with Gasteiger partial charge in [0.1, 0.15) is 5.82 Å². The highest BCUT2D eigenvalue weighted by atomic mass is 32.1. The summed E-state index contributed by atoms with van der Waals surface area (Å²) in [6.07, 6.45) is -3.26. The maximum absolute atomic E-state index is 13.4. The van der Waals surface area contributed by atoms with E-state index in [0.29, 0.717) is 18.7 Å². The van der Waals surface area contributed by atoms with Crippen LogP contribution >= 0.6 is 11.3 Å². The van der Waals surface area contributed by atoms with E-state index in [1.165, 1.54) is 11.3 Å². The van der Waals surface area contributed by atoms with Crippen LogP contribution in [-0.2, 0) is 6.18 Å². The van der Waals surface area contributed by atoms with Gasteiger partial charge in [0.15, 0.2) is 0 Å². The number of likely N-dealkylation sites (tertiary alicyclic amines) is 1. The minimum Gasteiger partial charge on any atom is -0.332 e. The molecule has 1 aliphatic heterocycles. The molecule has 0 bridgehead atoms. The van der Waals surface area contributed by atoms with Crippen LogP contribution in [0.3, 0.4) is 0 Å². The van der Waals surface area contributed by atoms with Crippen molar-refractivity contribution in [2.45, 2.75) is 25.1 Å². The molecule has 0 N–H and O–H groups in total. The molecule has 0 spiro atoms. The smallest absolute Gasteiger partial charge is 0.332 e. The van der Waals surface area contributed by atoms with E-state index in [-0.39, 0.29) is 11.6 Å². The van der Waals surface area contributed by atoms with Crippen LogP contribution in [0, 0.1) is 5.82 Å². The van der Waals surface area contributed by atoms with Crippen molar-refractivity contribution >= 4 is 17.2 Å². The predicted molar refractivity (Wildman–Crippen MR) is 78.7 cm³/mol. The normalized spacial score (nSPS) is 18.4. The second-order valence-corrected chi connectivity index (χ2v) is 6.19. The molecule has 0 saturated carbocycles. The number of carbonyl (C=O) groups excluding carboxylic acids is 1. The van der Waals surface area contributed by atoms with Gasteiger partial charge in [0, 0.05) is 12.1 Å². The van der Waals surface area contributed by atoms with Gasteiger partial charge < -0.3 is 4.90 Å². The van der Waals surface area contributed by atoms with Gasteiger partial charge >= 0.3 is 6.18 Å². The second kappa shape index (κ2) is 5.96. The van der Waals surface area contributed by atoms with Crippen LogP contribution in [-0.4, -0.2) is 17.4 Å². The van der Waals surface area contributed by atoms with Gasteiger partial charge in [0.25, 0.3) is 5.91 Å². The number of hydrogen-bond acceptors (Lipinski definition) is 2. The number of alkyl halides is 3. The van der Waals surface area contributed by atoms with Crippen LogP contribution in [0.4, 0.5) is 17.6 Å². The van der Waals surface area contributed by atoms with Crippen molar-refractivity contribution in [3.63, 3.8) is 0 Å². The van der Waals surface area contributed by atoms with Crippen molar-refractivity contribution in [1.82, 2.24) is 4.90 Å². The van der Waals surface area contributed by atoms with E-state index in [0.717, 1.165) is 24.5 Å². The molecule has 3 rings (SSSR count). The molecule has 1 amide bonds. The van der Waals surface area contributed by atoms with Crippen molar-refractivity contribution in [3.8, 4) is 0 Å². The lowest BCUT2D eigenvalue weighted by molar-refractivity contribution is -0.140. The lowest BCUT2D eigenvalue weighted by atomic mass is 10.1. The van der Waals surface area contributed by atoms with Crippen LogP contribution in [0.5, 0.6) is 0 Å². The maximum atomic E-state index is 13.4. The number of thiophene rings is 1. The Morgan fingerprint density at radius 3 is 2.70 bits per heavy atom. The summed E-state index contributed by atoms with van der Waals surface area (Å²) in [5.74, 6) is -1.87. The number of halogens is 4. The summed E-state index contributed by atoms with van der Waals surface area (Å²) in [7, 11) is 0. The van der Waals surface area contributed by atoms with E-state index in [9.17, 15) is 22.4 Å². The first-order valence-electron chi connectivity index (χ1n) is 7.08. The Hall–Kier alpha value is -1.89. The van der Waals surface area contributed by atoms with E-state index in [4.69, 9.17) is 0 Å². The lowest BCUT2D eigenvalue weighted by Crippen LogP contribution is -2.30. The summed E-state index contributed by atoms with van der Waals surface area (Å²) < 4.78 is 51.8. The standard InChI is InChI=1S/C16H13F4NOS/c17-13-4-3-10(8-12(13)16(18,19)20)15(22)21-6-1-2-14(21)11-5-7-23-9-11/h3-5,7-9,14H,1-2,6H2/t14-/m1/s1. The molecule has 1 aromatic heterocycles. The van der Waals surface area contributed by atoms with Gasteiger partial charge in [0.05, 0.1) is 11.6 Å². The van der Waals surface area contributed by atoms with Gasteiger partial charge in [0.2, 0.25) is 0 Å². The molecule has 122 valence electrons. The molecule has 1 aliphatic rings. The summed E-state index contributed by atoms with van der Waals surface area (Å²) >= 11 is 1.51. The number of amides is 1. The fourth-order valence-electron chi connectivity index (χ4n) is 2.86. The Bertz CT molecular complexity index is 711. The highest BCUT2D eigenvalue weighted by Gasteiger charge is 2.36. The van der Waals surface area contributed by atoms with Gasteiger partial charge in [-0.1, -0.05) is 0 Å². The van der Waals surface area contributed by atoms with Crippen molar-refractivity contribution in [3.05, 3.63) is 57.5 Å². The molecule has 1 saturated heterocycles. The summed E-state index contributed by atoms with van der Waals surface area (Å²) in [6, 6.07) is 4.18. The Labute approximate surface area is 134 Å². The van der Waals surface area contributed by atoms with E-state index < -0.39 is 23.5 Å². The van der Waals surface area contributed by atoms with Crippen LogP contribution in [0.1, 0.15) is 40.4 Å². The average molecular weight is 343 g/mol. The molecule has 23 heavy (non-hydrogen) atoms. The van der Waals surface area contributed by atoms with Crippen molar-refractivity contribution in [1.29, 1.82) is 0 Å². The number of benzene rings is 1. The second-order valence-electron chi connectivity index (χ2n) is 5.41. The van der Waals surface area contributed by atoms with E-state index in [1.807, 2.05) is 16.8 Å². The first-order chi connectivity index (χ1) is 10.9. The fraction of sp³-hybridized carbons (Fsp3) is 0.312. The molecule has 2 heterocycles. The molecule has 1 fully saturated rings. The maximum Gasteiger partial charge on any atom is 0.419 e. The van der Waals surface area contributed by atoms with Crippen molar-refractivity contribution < 1.29 is 22.4 Å². The Kier molecular flexibility index (Phi) is 4.14. The molecule has 2 aromatic rings. The van der Waals surface area contributed by atoms with Crippen LogP contribution < -0.4 is 0 Å². The summed E-state index contributed by atoms with van der Waals surface area (Å²) in [4.78, 5) is 14.1. The Morgan fingerprint density at radius 2 is 2.04 bits per heavy atom. The zero-order valence-corrected chi connectivity index (χ0v) is 12.8. The third-order valence-electron chi connectivity index (χ3n) is 3.96. The largest absolute Gasteiger partial charge is 0.419 e. The quantitative estimate of drug-likeness (QED) is 0.712. The summed E-state index contributed by atoms with van der Waals surface area (Å²) in [5, 5.41) is 3.83. The number of hydrogen-bond donors (Lipinski definition) is 0. The van der Waals surface area contributed by atoms with Crippen molar-refractivity contribution in [2.24, 2.45) is 0 Å². The molecular formula is C16H13F4NOS. The van der Waals surface area contributed by atoms with Crippen molar-refractivity contribution in [2.75, 3.05) is 6.54 Å².